The summed E-state index contributed by atoms with van der Waals surface area (Å²) in [5.41, 5.74) is 0.241. The van der Waals surface area contributed by atoms with Gasteiger partial charge in [-0.05, 0) is 62.3 Å². The Bertz CT molecular complexity index is 1550. The van der Waals surface area contributed by atoms with Crippen molar-refractivity contribution in [3.63, 3.8) is 0 Å². The van der Waals surface area contributed by atoms with Gasteiger partial charge in [-0.15, -0.1) is 0 Å². The van der Waals surface area contributed by atoms with E-state index >= 15 is 0 Å². The highest BCUT2D eigenvalue weighted by Gasteiger charge is 2.49. The van der Waals surface area contributed by atoms with Crippen LogP contribution < -0.4 is 0 Å². The van der Waals surface area contributed by atoms with Crippen molar-refractivity contribution in [1.82, 2.24) is 18.4 Å². The lowest BCUT2D eigenvalue weighted by Gasteiger charge is -2.33. The molecule has 4 fully saturated rings. The van der Waals surface area contributed by atoms with Crippen molar-refractivity contribution in [3.8, 4) is 0 Å². The fourth-order valence-corrected chi connectivity index (χ4v) is 10.9. The summed E-state index contributed by atoms with van der Waals surface area (Å²) in [6.07, 6.45) is 1.57. The minimum absolute atomic E-state index is 0.00789. The van der Waals surface area contributed by atoms with E-state index in [1.165, 1.54) is 45.0 Å². The first-order valence-electron chi connectivity index (χ1n) is 13.9. The number of likely N-dealkylation sites (N-methyl/N-ethyl adjacent to an activating group) is 2. The summed E-state index contributed by atoms with van der Waals surface area (Å²) in [6, 6.07) is 8.34. The van der Waals surface area contributed by atoms with E-state index in [4.69, 9.17) is 0 Å². The molecule has 0 spiro atoms. The van der Waals surface area contributed by atoms with Crippen molar-refractivity contribution in [3.05, 3.63) is 58.7 Å². The predicted octanol–water partition coefficient (Wildman–Crippen LogP) is 1.40. The Morgan fingerprint density at radius 2 is 1.00 bits per heavy atom. The van der Waals surface area contributed by atoms with Crippen LogP contribution in [0.2, 0.25) is 0 Å². The van der Waals surface area contributed by atoms with Crippen LogP contribution in [0.4, 0.5) is 0 Å². The molecule has 212 valence electrons. The van der Waals surface area contributed by atoms with Gasteiger partial charge in [0.1, 0.15) is 0 Å². The summed E-state index contributed by atoms with van der Waals surface area (Å²) in [5, 5.41) is 0. The summed E-state index contributed by atoms with van der Waals surface area (Å²) in [5.74, 6) is -0.964. The smallest absolute Gasteiger partial charge is 0.243 e. The third-order valence-corrected chi connectivity index (χ3v) is 13.4. The summed E-state index contributed by atoms with van der Waals surface area (Å²) >= 11 is 0. The molecule has 12 heteroatoms. The van der Waals surface area contributed by atoms with Gasteiger partial charge in [0.05, 0.1) is 9.79 Å². The molecule has 7 rings (SSSR count). The minimum Gasteiger partial charge on any atom is -0.298 e. The van der Waals surface area contributed by atoms with E-state index in [0.29, 0.717) is 26.2 Å². The average Bonchev–Trinajstić information content (AvgIpc) is 3.76. The van der Waals surface area contributed by atoms with Gasteiger partial charge in [-0.3, -0.25) is 19.4 Å². The fraction of sp³-hybridized carbons (Fsp3) is 0.500. The second-order valence-electron chi connectivity index (χ2n) is 11.5. The van der Waals surface area contributed by atoms with Crippen molar-refractivity contribution in [1.29, 1.82) is 0 Å². The van der Waals surface area contributed by atoms with Crippen molar-refractivity contribution in [2.24, 2.45) is 0 Å². The molecule has 0 N–H and O–H groups in total. The fourth-order valence-electron chi connectivity index (χ4n) is 7.49. The Hall–Kier alpha value is -2.48. The molecule has 4 heterocycles. The van der Waals surface area contributed by atoms with E-state index in [-0.39, 0.29) is 56.2 Å². The summed E-state index contributed by atoms with van der Waals surface area (Å²) in [6.45, 7) is 8.05. The second kappa shape index (κ2) is 9.01. The van der Waals surface area contributed by atoms with Gasteiger partial charge in [0.2, 0.25) is 20.0 Å². The number of carbonyl (C=O) groups is 2. The molecule has 0 aromatic heterocycles. The topological polar surface area (TPSA) is 115 Å². The number of likely N-dealkylation sites (tertiary alicyclic amines) is 2. The van der Waals surface area contributed by atoms with Crippen LogP contribution in [0, 0.1) is 0 Å². The number of hydrogen-bond acceptors (Lipinski definition) is 8. The Morgan fingerprint density at radius 1 is 0.600 bits per heavy atom. The number of benzene rings is 2. The van der Waals surface area contributed by atoms with Gasteiger partial charge in [0.15, 0.2) is 11.6 Å². The molecule has 0 amide bonds. The molecule has 40 heavy (non-hydrogen) atoms. The molecule has 0 saturated carbocycles. The van der Waals surface area contributed by atoms with Gasteiger partial charge in [0, 0.05) is 72.6 Å². The zero-order valence-electron chi connectivity index (χ0n) is 22.5. The minimum atomic E-state index is -3.87. The van der Waals surface area contributed by atoms with Crippen LogP contribution in [0.25, 0.3) is 0 Å². The average molecular weight is 585 g/mol. The number of sulfonamides is 2. The maximum Gasteiger partial charge on any atom is 0.243 e. The highest BCUT2D eigenvalue weighted by atomic mass is 32.2. The summed E-state index contributed by atoms with van der Waals surface area (Å²) in [4.78, 5) is 31.6. The number of piperazine rings is 2. The number of ketones is 2. The van der Waals surface area contributed by atoms with Crippen molar-refractivity contribution < 1.29 is 26.4 Å². The van der Waals surface area contributed by atoms with E-state index in [1.807, 2.05) is 0 Å². The zero-order valence-corrected chi connectivity index (χ0v) is 24.1. The first kappa shape index (κ1) is 26.4. The van der Waals surface area contributed by atoms with Gasteiger partial charge in [-0.1, -0.05) is 13.8 Å². The first-order valence-corrected chi connectivity index (χ1v) is 16.8. The SMILES string of the molecule is CCN1CC2CC1CN2S(=O)(=O)c1ccc2c(c1)C(=O)c1cc(S(=O)(=O)N3CC4CC3CN4CC)ccc1C2=O. The predicted molar refractivity (Wildman–Crippen MR) is 146 cm³/mol. The number of carbonyl (C=O) groups excluding carboxylic acids is 2. The summed E-state index contributed by atoms with van der Waals surface area (Å²) < 4.78 is 57.4. The van der Waals surface area contributed by atoms with E-state index in [1.54, 1.807) is 0 Å². The van der Waals surface area contributed by atoms with Crippen LogP contribution in [0.5, 0.6) is 0 Å². The molecule has 5 aliphatic rings. The van der Waals surface area contributed by atoms with Crippen LogP contribution >= 0.6 is 0 Å². The molecule has 10 nitrogen and oxygen atoms in total. The molecule has 4 atom stereocenters. The molecule has 4 unspecified atom stereocenters. The van der Waals surface area contributed by atoms with Gasteiger partial charge in [-0.2, -0.15) is 8.61 Å². The van der Waals surface area contributed by atoms with Crippen LogP contribution in [0.1, 0.15) is 58.5 Å². The van der Waals surface area contributed by atoms with Crippen LogP contribution in [-0.4, -0.2) is 110 Å². The molecule has 4 saturated heterocycles. The van der Waals surface area contributed by atoms with Gasteiger partial charge < -0.3 is 0 Å². The monoisotopic (exact) mass is 584 g/mol. The van der Waals surface area contributed by atoms with Crippen molar-refractivity contribution in [2.75, 3.05) is 39.3 Å². The Labute approximate surface area is 234 Å². The third kappa shape index (κ3) is 3.66. The zero-order chi connectivity index (χ0) is 28.1. The molecule has 2 aromatic rings. The lowest BCUT2D eigenvalue weighted by Crippen LogP contribution is -2.48. The Morgan fingerprint density at radius 3 is 1.35 bits per heavy atom. The number of nitrogens with zero attached hydrogens (tertiary/aromatic N) is 4. The third-order valence-electron chi connectivity index (χ3n) is 9.59. The van der Waals surface area contributed by atoms with Gasteiger partial charge >= 0.3 is 0 Å². The van der Waals surface area contributed by atoms with Crippen molar-refractivity contribution >= 4 is 31.6 Å². The molecule has 4 bridgehead atoms. The number of rotatable bonds is 6. The highest BCUT2D eigenvalue weighted by molar-refractivity contribution is 7.89. The number of hydrogen-bond donors (Lipinski definition) is 0. The molecule has 1 aliphatic carbocycles. The molecular weight excluding hydrogens is 552 g/mol. The Balaban J connectivity index is 1.20. The van der Waals surface area contributed by atoms with E-state index < -0.39 is 31.6 Å². The lowest BCUT2D eigenvalue weighted by molar-refractivity contribution is 0.0978. The molecular formula is C28H32N4O6S2. The molecule has 4 aliphatic heterocycles. The lowest BCUT2D eigenvalue weighted by atomic mass is 9.84. The Kier molecular flexibility index (Phi) is 5.95. The van der Waals surface area contributed by atoms with Gasteiger partial charge in [0.25, 0.3) is 0 Å². The first-order chi connectivity index (χ1) is 19.0. The highest BCUT2D eigenvalue weighted by Crippen LogP contribution is 2.38. The van der Waals surface area contributed by atoms with Crippen molar-refractivity contribution in [2.45, 2.75) is 60.6 Å². The number of fused-ring (bicyclic) bond motifs is 6. The van der Waals surface area contributed by atoms with Gasteiger partial charge in [-0.25, -0.2) is 16.8 Å². The maximum atomic E-state index is 13.7. The van der Waals surface area contributed by atoms with E-state index in [2.05, 4.69) is 23.6 Å². The van der Waals surface area contributed by atoms with Crippen LogP contribution in [0.3, 0.4) is 0 Å². The largest absolute Gasteiger partial charge is 0.298 e. The van der Waals surface area contributed by atoms with E-state index in [0.717, 1.165) is 25.9 Å². The normalized spacial score (nSPS) is 28.9. The van der Waals surface area contributed by atoms with Crippen LogP contribution in [-0.2, 0) is 20.0 Å². The molecule has 0 radical (unpaired) electrons. The maximum absolute atomic E-state index is 13.7. The second-order valence-corrected chi connectivity index (χ2v) is 15.3. The molecule has 2 aromatic carbocycles. The summed E-state index contributed by atoms with van der Waals surface area (Å²) in [7, 11) is -7.74. The standard InChI is InChI=1S/C28H32N4O6S2/c1-3-29-13-19-9-17(29)15-31(19)39(35,36)21-5-7-23-25(11-21)28(34)26-12-22(6-8-24(26)27(23)33)40(37,38)32-16-18-10-20(32)14-30(18)4-2/h5-8,11-12,17-20H,3-4,9-10,13-16H2,1-2H3. The van der Waals surface area contributed by atoms with E-state index in [9.17, 15) is 26.4 Å². The quantitative estimate of drug-likeness (QED) is 0.427. The van der Waals surface area contributed by atoms with Crippen LogP contribution in [0.15, 0.2) is 46.2 Å².